The van der Waals surface area contributed by atoms with Crippen LogP contribution in [0.2, 0.25) is 5.02 Å². The van der Waals surface area contributed by atoms with Crippen molar-refractivity contribution in [3.05, 3.63) is 51.3 Å². The largest absolute Gasteiger partial charge is 0.472 e. The smallest absolute Gasteiger partial charge is 0.285 e. The second-order valence-corrected chi connectivity index (χ2v) is 8.01. The Labute approximate surface area is 189 Å². The van der Waals surface area contributed by atoms with Crippen LogP contribution in [0.1, 0.15) is 17.8 Å². The Bertz CT molecular complexity index is 1210. The number of nitrogens with one attached hydrogen (secondary N) is 2. The molecule has 11 heteroatoms. The van der Waals surface area contributed by atoms with Gasteiger partial charge in [0.05, 0.1) is 24.1 Å². The number of carbonyl (C=O) groups is 1. The zero-order valence-corrected chi connectivity index (χ0v) is 18.8. The molecule has 1 fully saturated rings. The lowest BCUT2D eigenvalue weighted by Crippen LogP contribution is -2.26. The number of likely N-dealkylation sites (N-methyl/N-ethyl adjacent to an activating group) is 1. The van der Waals surface area contributed by atoms with Crippen LogP contribution in [0, 0.1) is 13.8 Å². The number of anilines is 1. The van der Waals surface area contributed by atoms with Gasteiger partial charge in [-0.25, -0.2) is 10.1 Å². The first-order valence-corrected chi connectivity index (χ1v) is 10.6. The Morgan fingerprint density at radius 2 is 2.22 bits per heavy atom. The summed E-state index contributed by atoms with van der Waals surface area (Å²) < 4.78 is 7.83. The first kappa shape index (κ1) is 21.8. The molecule has 4 rings (SSSR count). The Kier molecular flexibility index (Phi) is 6.13. The molecule has 32 heavy (non-hydrogen) atoms. The molecule has 0 unspecified atom stereocenters. The van der Waals surface area contributed by atoms with E-state index in [4.69, 9.17) is 16.3 Å². The predicted octanol–water partition coefficient (Wildman–Crippen LogP) is 1.70. The van der Waals surface area contributed by atoms with Crippen molar-refractivity contribution in [1.29, 1.82) is 0 Å². The molecule has 2 N–H and O–H groups in total. The van der Waals surface area contributed by atoms with E-state index >= 15 is 0 Å². The Morgan fingerprint density at radius 1 is 1.41 bits per heavy atom. The zero-order valence-electron chi connectivity index (χ0n) is 18.1. The monoisotopic (exact) mass is 457 g/mol. The van der Waals surface area contributed by atoms with E-state index in [0.29, 0.717) is 24.7 Å². The number of hydrogen-bond acceptors (Lipinski definition) is 7. The fourth-order valence-electron chi connectivity index (χ4n) is 3.92. The molecule has 1 atom stereocenters. The summed E-state index contributed by atoms with van der Waals surface area (Å²) in [5.74, 6) is 0.393. The third-order valence-electron chi connectivity index (χ3n) is 5.53. The van der Waals surface area contributed by atoms with Crippen LogP contribution in [-0.2, 0) is 11.3 Å². The van der Waals surface area contributed by atoms with Crippen LogP contribution < -0.4 is 20.5 Å². The number of aromatic amines is 1. The highest BCUT2D eigenvalue weighted by molar-refractivity contribution is 6.33. The van der Waals surface area contributed by atoms with E-state index in [1.54, 1.807) is 24.1 Å². The molecule has 10 nitrogen and oxygen atoms in total. The molecule has 1 aliphatic heterocycles. The van der Waals surface area contributed by atoms with E-state index in [9.17, 15) is 9.59 Å². The molecule has 1 aliphatic rings. The molecule has 168 valence electrons. The number of hydrogen-bond donors (Lipinski definition) is 2. The van der Waals surface area contributed by atoms with Gasteiger partial charge in [-0.15, -0.1) is 0 Å². The summed E-state index contributed by atoms with van der Waals surface area (Å²) in [6.45, 7) is 5.28. The van der Waals surface area contributed by atoms with Crippen molar-refractivity contribution in [2.45, 2.75) is 32.9 Å². The molecule has 0 saturated carbocycles. The highest BCUT2D eigenvalue weighted by Crippen LogP contribution is 2.30. The fraction of sp³-hybridized carbons (Fsp3) is 0.381. The van der Waals surface area contributed by atoms with Crippen molar-refractivity contribution in [3.8, 4) is 17.0 Å². The van der Waals surface area contributed by atoms with E-state index < -0.39 is 5.56 Å². The maximum atomic E-state index is 11.8. The highest BCUT2D eigenvalue weighted by atomic mass is 35.5. The number of rotatable bonds is 6. The van der Waals surface area contributed by atoms with E-state index in [1.807, 2.05) is 30.9 Å². The van der Waals surface area contributed by atoms with Crippen LogP contribution >= 0.6 is 11.6 Å². The van der Waals surface area contributed by atoms with E-state index in [-0.39, 0.29) is 23.6 Å². The number of amides is 1. The molecular weight excluding hydrogens is 434 g/mol. The maximum absolute atomic E-state index is 11.8. The van der Waals surface area contributed by atoms with Crippen LogP contribution in [0.3, 0.4) is 0 Å². The molecule has 0 radical (unpaired) electrons. The summed E-state index contributed by atoms with van der Waals surface area (Å²) >= 11 is 6.13. The quantitative estimate of drug-likeness (QED) is 0.578. The number of ether oxygens (including phenoxy) is 1. The minimum Gasteiger partial charge on any atom is -0.472 e. The lowest BCUT2D eigenvalue weighted by Gasteiger charge is -2.19. The van der Waals surface area contributed by atoms with Gasteiger partial charge in [0, 0.05) is 43.5 Å². The molecule has 3 aromatic rings. The highest BCUT2D eigenvalue weighted by Gasteiger charge is 2.27. The van der Waals surface area contributed by atoms with Gasteiger partial charge >= 0.3 is 0 Å². The van der Waals surface area contributed by atoms with Gasteiger partial charge in [0.2, 0.25) is 11.8 Å². The molecule has 0 bridgehead atoms. The molecular formula is C21H24ClN7O3. The van der Waals surface area contributed by atoms with Crippen molar-refractivity contribution < 1.29 is 9.53 Å². The van der Waals surface area contributed by atoms with Crippen LogP contribution in [0.4, 0.5) is 5.69 Å². The van der Waals surface area contributed by atoms with Gasteiger partial charge in [0.15, 0.2) is 0 Å². The number of nitrogens with zero attached hydrogens (tertiary/aromatic N) is 5. The number of carbonyl (C=O) groups excluding carboxylic acids is 1. The van der Waals surface area contributed by atoms with Crippen molar-refractivity contribution in [2.75, 3.05) is 25.0 Å². The minimum absolute atomic E-state index is 0.105. The van der Waals surface area contributed by atoms with Crippen LogP contribution in [0.25, 0.3) is 11.1 Å². The molecule has 3 aromatic heterocycles. The van der Waals surface area contributed by atoms with Gasteiger partial charge in [-0.1, -0.05) is 11.6 Å². The summed E-state index contributed by atoms with van der Waals surface area (Å²) in [5.41, 5.74) is 3.78. The third-order valence-corrected chi connectivity index (χ3v) is 5.89. The van der Waals surface area contributed by atoms with Gasteiger partial charge in [-0.3, -0.25) is 14.3 Å². The third kappa shape index (κ3) is 4.31. The standard InChI is InChI=1S/C21H24ClN7O3/c1-12-19(13(2)29(27-12)11-17(30)23-3)14-4-6-24-18(8-14)32-15-5-7-28(10-15)16-9-25-26-21(31)20(16)22/h4,6,8-9,15H,5,7,10-11H2,1-3H3,(H,23,30)(H,26,31)/t15-/m1/s1. The van der Waals surface area contributed by atoms with Crippen molar-refractivity contribution >= 4 is 23.2 Å². The number of halogens is 1. The van der Waals surface area contributed by atoms with E-state index in [1.165, 1.54) is 0 Å². The maximum Gasteiger partial charge on any atom is 0.285 e. The lowest BCUT2D eigenvalue weighted by molar-refractivity contribution is -0.121. The summed E-state index contributed by atoms with van der Waals surface area (Å²) in [7, 11) is 1.60. The second-order valence-electron chi connectivity index (χ2n) is 7.63. The summed E-state index contributed by atoms with van der Waals surface area (Å²) in [6, 6.07) is 3.78. The predicted molar refractivity (Wildman–Crippen MR) is 120 cm³/mol. The van der Waals surface area contributed by atoms with Crippen molar-refractivity contribution in [3.63, 3.8) is 0 Å². The summed E-state index contributed by atoms with van der Waals surface area (Å²) in [6.07, 6.45) is 3.90. The first-order chi connectivity index (χ1) is 15.4. The molecule has 4 heterocycles. The topological polar surface area (TPSA) is 118 Å². The van der Waals surface area contributed by atoms with E-state index in [2.05, 4.69) is 25.6 Å². The van der Waals surface area contributed by atoms with Gasteiger partial charge < -0.3 is 15.0 Å². The minimum atomic E-state index is -0.411. The molecule has 1 amide bonds. The van der Waals surface area contributed by atoms with Gasteiger partial charge in [-0.2, -0.15) is 10.2 Å². The van der Waals surface area contributed by atoms with E-state index in [0.717, 1.165) is 28.9 Å². The number of aromatic nitrogens is 5. The number of aryl methyl sites for hydroxylation is 1. The van der Waals surface area contributed by atoms with Gasteiger partial charge in [-0.05, 0) is 25.5 Å². The lowest BCUT2D eigenvalue weighted by atomic mass is 10.1. The van der Waals surface area contributed by atoms with Gasteiger partial charge in [0.1, 0.15) is 17.7 Å². The van der Waals surface area contributed by atoms with Crippen LogP contribution in [-0.4, -0.2) is 57.1 Å². The second kappa shape index (κ2) is 8.99. The van der Waals surface area contributed by atoms with Crippen LogP contribution in [0.15, 0.2) is 29.3 Å². The molecule has 0 spiro atoms. The number of pyridine rings is 1. The molecule has 1 saturated heterocycles. The first-order valence-electron chi connectivity index (χ1n) is 10.2. The average Bonchev–Trinajstić information content (AvgIpc) is 3.34. The van der Waals surface area contributed by atoms with Crippen molar-refractivity contribution in [2.24, 2.45) is 0 Å². The molecule has 0 aromatic carbocycles. The van der Waals surface area contributed by atoms with Gasteiger partial charge in [0.25, 0.3) is 5.56 Å². The normalized spacial score (nSPS) is 15.8. The molecule has 0 aliphatic carbocycles. The Hall–Kier alpha value is -3.40. The van der Waals surface area contributed by atoms with Crippen LogP contribution in [0.5, 0.6) is 5.88 Å². The zero-order chi connectivity index (χ0) is 22.8. The fourth-order valence-corrected chi connectivity index (χ4v) is 4.13. The number of H-pyrrole nitrogens is 1. The summed E-state index contributed by atoms with van der Waals surface area (Å²) in [4.78, 5) is 29.8. The SMILES string of the molecule is CNC(=O)Cn1nc(C)c(-c2ccnc(O[C@@H]3CCN(c4cn[nH]c(=O)c4Cl)C3)c2)c1C. The Balaban J connectivity index is 1.51. The Morgan fingerprint density at radius 3 is 3.00 bits per heavy atom. The summed E-state index contributed by atoms with van der Waals surface area (Å²) in [5, 5.41) is 13.4. The van der Waals surface area contributed by atoms with Crippen molar-refractivity contribution in [1.82, 2.24) is 30.3 Å². The average molecular weight is 458 g/mol.